The van der Waals surface area contributed by atoms with E-state index in [4.69, 9.17) is 0 Å². The highest BCUT2D eigenvalue weighted by molar-refractivity contribution is 8.72. The number of rotatable bonds is 5. The summed E-state index contributed by atoms with van der Waals surface area (Å²) in [6.07, 6.45) is 0. The van der Waals surface area contributed by atoms with Crippen LogP contribution in [0.15, 0.2) is 58.3 Å². The molecule has 0 aliphatic carbocycles. The molecule has 0 saturated carbocycles. The summed E-state index contributed by atoms with van der Waals surface area (Å²) in [5.41, 5.74) is -1.10. The molecule has 0 aromatic heterocycles. The van der Waals surface area contributed by atoms with E-state index in [1.54, 1.807) is 6.07 Å². The monoisotopic (exact) mass is 340 g/mol. The molecule has 0 atom stereocenters. The van der Waals surface area contributed by atoms with E-state index in [0.29, 0.717) is 0 Å². The summed E-state index contributed by atoms with van der Waals surface area (Å²) in [7, 11) is -3.58. The fourth-order valence-corrected chi connectivity index (χ4v) is 4.51. The van der Waals surface area contributed by atoms with Gasteiger partial charge in [-0.15, -0.1) is 0 Å². The summed E-state index contributed by atoms with van der Waals surface area (Å²) in [6, 6.07) is 10.2. The molecule has 0 fully saturated rings. The Balaban J connectivity index is 2.45. The fraction of sp³-hybridized carbons (Fsp3) is 0. The Labute approximate surface area is 128 Å². The van der Waals surface area contributed by atoms with Crippen molar-refractivity contribution in [3.05, 3.63) is 68.8 Å². The van der Waals surface area contributed by atoms with Gasteiger partial charge in [0.25, 0.3) is 11.4 Å². The van der Waals surface area contributed by atoms with Crippen LogP contribution in [-0.2, 0) is 8.87 Å². The molecule has 0 aliphatic rings. The molecule has 114 valence electrons. The zero-order valence-corrected chi connectivity index (χ0v) is 12.4. The van der Waals surface area contributed by atoms with Gasteiger partial charge >= 0.3 is 0 Å². The summed E-state index contributed by atoms with van der Waals surface area (Å²) in [6.45, 7) is 0. The second kappa shape index (κ2) is 6.12. The highest BCUT2D eigenvalue weighted by atomic mass is 33.1. The minimum absolute atomic E-state index is 0.00680. The van der Waals surface area contributed by atoms with Gasteiger partial charge in [-0.05, 0) is 18.2 Å². The number of nitrogens with zero attached hydrogens (tertiary/aromatic N) is 2. The third-order valence-corrected chi connectivity index (χ3v) is 5.95. The van der Waals surface area contributed by atoms with Crippen LogP contribution >= 0.6 is 10.8 Å². The third-order valence-electron chi connectivity index (χ3n) is 2.58. The lowest BCUT2D eigenvalue weighted by molar-refractivity contribution is -0.396. The minimum atomic E-state index is -3.86. The Morgan fingerprint density at radius 2 is 1.55 bits per heavy atom. The smallest absolute Gasteiger partial charge is 0.258 e. The molecular weight excluding hydrogens is 332 g/mol. The maximum atomic E-state index is 12.2. The number of nitro groups is 2. The Bertz CT molecular complexity index is 836. The van der Waals surface area contributed by atoms with Crippen molar-refractivity contribution in [3.8, 4) is 0 Å². The lowest BCUT2D eigenvalue weighted by atomic mass is 10.3. The van der Waals surface area contributed by atoms with Crippen LogP contribution in [0.25, 0.3) is 0 Å². The highest BCUT2D eigenvalue weighted by Gasteiger charge is 2.25. The normalized spacial score (nSPS) is 11.1. The molecule has 0 unspecified atom stereocenters. The molecule has 0 bridgehead atoms. The number of hydrogen-bond acceptors (Lipinski definition) is 7. The Morgan fingerprint density at radius 1 is 0.909 bits per heavy atom. The highest BCUT2D eigenvalue weighted by Crippen LogP contribution is 2.38. The van der Waals surface area contributed by atoms with Crippen molar-refractivity contribution in [2.45, 2.75) is 9.79 Å². The van der Waals surface area contributed by atoms with Crippen LogP contribution in [0.4, 0.5) is 11.4 Å². The van der Waals surface area contributed by atoms with Gasteiger partial charge in [0.2, 0.25) is 8.87 Å². The van der Waals surface area contributed by atoms with Gasteiger partial charge in [0.05, 0.1) is 20.8 Å². The quantitative estimate of drug-likeness (QED) is 0.466. The predicted molar refractivity (Wildman–Crippen MR) is 79.2 cm³/mol. The standard InChI is InChI=1S/C12H8N2O6S2/c15-13(16)9-6-7-12(11(8-9)14(17)18)21-22(19,20)10-4-2-1-3-5-10/h1-8H. The van der Waals surface area contributed by atoms with Gasteiger partial charge < -0.3 is 0 Å². The average molecular weight is 340 g/mol. The van der Waals surface area contributed by atoms with Crippen LogP contribution in [0.1, 0.15) is 0 Å². The number of benzene rings is 2. The van der Waals surface area contributed by atoms with E-state index < -0.39 is 30.1 Å². The lowest BCUT2D eigenvalue weighted by Gasteiger charge is -2.04. The molecular formula is C12H8N2O6S2. The van der Waals surface area contributed by atoms with Crippen molar-refractivity contribution in [1.29, 1.82) is 0 Å². The van der Waals surface area contributed by atoms with Crippen molar-refractivity contribution in [3.63, 3.8) is 0 Å². The van der Waals surface area contributed by atoms with Gasteiger partial charge in [0, 0.05) is 16.9 Å². The second-order valence-corrected chi connectivity index (χ2v) is 7.82. The van der Waals surface area contributed by atoms with Crippen LogP contribution < -0.4 is 0 Å². The molecule has 0 amide bonds. The summed E-state index contributed by atoms with van der Waals surface area (Å²) in [5.74, 6) is 0. The summed E-state index contributed by atoms with van der Waals surface area (Å²) < 4.78 is 24.4. The van der Waals surface area contributed by atoms with Crippen molar-refractivity contribution >= 4 is 31.0 Å². The van der Waals surface area contributed by atoms with E-state index in [9.17, 15) is 28.6 Å². The van der Waals surface area contributed by atoms with Crippen LogP contribution in [-0.4, -0.2) is 18.3 Å². The first-order chi connectivity index (χ1) is 10.3. The summed E-state index contributed by atoms with van der Waals surface area (Å²) >= 11 is 0. The molecule has 2 aromatic carbocycles. The van der Waals surface area contributed by atoms with Gasteiger partial charge in [-0.2, -0.15) is 0 Å². The first-order valence-corrected chi connectivity index (χ1v) is 8.55. The lowest BCUT2D eigenvalue weighted by Crippen LogP contribution is -1.98. The van der Waals surface area contributed by atoms with E-state index >= 15 is 0 Å². The zero-order valence-electron chi connectivity index (χ0n) is 10.8. The minimum Gasteiger partial charge on any atom is -0.258 e. The Hall–Kier alpha value is -2.46. The molecule has 0 aliphatic heterocycles. The topological polar surface area (TPSA) is 120 Å². The Morgan fingerprint density at radius 3 is 2.09 bits per heavy atom. The maximum Gasteiger partial charge on any atom is 0.290 e. The average Bonchev–Trinajstić information content (AvgIpc) is 2.47. The molecule has 0 saturated heterocycles. The number of nitro benzene ring substituents is 2. The van der Waals surface area contributed by atoms with Crippen LogP contribution in [0.2, 0.25) is 0 Å². The molecule has 22 heavy (non-hydrogen) atoms. The molecule has 0 spiro atoms. The van der Waals surface area contributed by atoms with Gasteiger partial charge in [0.1, 0.15) is 4.90 Å². The zero-order chi connectivity index (χ0) is 16.3. The summed E-state index contributed by atoms with van der Waals surface area (Å²) in [5, 5.41) is 21.6. The van der Waals surface area contributed by atoms with Crippen molar-refractivity contribution in [1.82, 2.24) is 0 Å². The largest absolute Gasteiger partial charge is 0.290 e. The molecule has 0 heterocycles. The first kappa shape index (κ1) is 15.9. The number of non-ortho nitro benzene ring substituents is 1. The van der Waals surface area contributed by atoms with Gasteiger partial charge in [-0.25, -0.2) is 8.42 Å². The van der Waals surface area contributed by atoms with Crippen molar-refractivity contribution in [2.75, 3.05) is 0 Å². The van der Waals surface area contributed by atoms with E-state index in [0.717, 1.165) is 18.2 Å². The van der Waals surface area contributed by atoms with E-state index in [1.807, 2.05) is 0 Å². The molecule has 10 heteroatoms. The van der Waals surface area contributed by atoms with E-state index in [1.165, 1.54) is 24.3 Å². The molecule has 8 nitrogen and oxygen atoms in total. The molecule has 2 rings (SSSR count). The van der Waals surface area contributed by atoms with Crippen molar-refractivity contribution < 1.29 is 18.3 Å². The fourth-order valence-electron chi connectivity index (χ4n) is 1.59. The van der Waals surface area contributed by atoms with Gasteiger partial charge in [0.15, 0.2) is 0 Å². The van der Waals surface area contributed by atoms with E-state index in [-0.39, 0.29) is 20.6 Å². The van der Waals surface area contributed by atoms with Crippen LogP contribution in [0.3, 0.4) is 0 Å². The second-order valence-electron chi connectivity index (χ2n) is 4.02. The molecule has 0 N–H and O–H groups in total. The van der Waals surface area contributed by atoms with Gasteiger partial charge in [-0.1, -0.05) is 18.2 Å². The predicted octanol–water partition coefficient (Wildman–Crippen LogP) is 2.98. The van der Waals surface area contributed by atoms with Gasteiger partial charge in [-0.3, -0.25) is 20.2 Å². The maximum absolute atomic E-state index is 12.2. The van der Waals surface area contributed by atoms with Crippen molar-refractivity contribution in [2.24, 2.45) is 0 Å². The van der Waals surface area contributed by atoms with Crippen LogP contribution in [0.5, 0.6) is 0 Å². The third kappa shape index (κ3) is 3.40. The van der Waals surface area contributed by atoms with Crippen LogP contribution in [0, 0.1) is 20.2 Å². The number of hydrogen-bond donors (Lipinski definition) is 0. The van der Waals surface area contributed by atoms with E-state index in [2.05, 4.69) is 0 Å². The first-order valence-electron chi connectivity index (χ1n) is 5.73. The SMILES string of the molecule is O=[N+]([O-])c1ccc(SS(=O)(=O)c2ccccc2)c([N+](=O)[O-])c1. The molecule has 2 aromatic rings. The Kier molecular flexibility index (Phi) is 4.43. The molecule has 0 radical (unpaired) electrons. The summed E-state index contributed by atoms with van der Waals surface area (Å²) in [4.78, 5) is 19.8.